The summed E-state index contributed by atoms with van der Waals surface area (Å²) in [5.41, 5.74) is 10.8. The summed E-state index contributed by atoms with van der Waals surface area (Å²) in [5.74, 6) is -5.49. The molecule has 13 nitrogen and oxygen atoms in total. The van der Waals surface area contributed by atoms with Gasteiger partial charge in [0.25, 0.3) is 0 Å². The average molecular weight is 506 g/mol. The minimum absolute atomic E-state index is 0.0339. The third-order valence-corrected chi connectivity index (χ3v) is 5.26. The fourth-order valence-electron chi connectivity index (χ4n) is 2.83. The summed E-state index contributed by atoms with van der Waals surface area (Å²) in [7, 11) is 0. The number of amides is 4. The van der Waals surface area contributed by atoms with Gasteiger partial charge in [-0.25, -0.2) is 4.79 Å². The molecule has 0 aliphatic rings. The zero-order valence-electron chi connectivity index (χ0n) is 19.5. The third kappa shape index (κ3) is 13.0. The standard InChI is InChI=1S/C20H35N5O8S/c1-10(2)8-13(24-17(29)11(21)4-5-15(22)26)18(30)25-14(9-16(27)28)19(31)23-12(20(32)33)6-7-34-3/h10-14H,4-9,21H2,1-3H3,(H2,22,26)(H,23,31)(H,24,29)(H,25,30)(H,27,28)(H,32,33). The molecule has 0 rings (SSSR count). The zero-order valence-corrected chi connectivity index (χ0v) is 20.4. The van der Waals surface area contributed by atoms with Crippen molar-refractivity contribution in [3.8, 4) is 0 Å². The number of carbonyl (C=O) groups is 6. The van der Waals surface area contributed by atoms with Crippen LogP contribution in [0.25, 0.3) is 0 Å². The topological polar surface area (TPSA) is 231 Å². The lowest BCUT2D eigenvalue weighted by Gasteiger charge is -2.25. The molecule has 0 aromatic carbocycles. The molecule has 0 aromatic heterocycles. The van der Waals surface area contributed by atoms with Crippen LogP contribution in [0.4, 0.5) is 0 Å². The van der Waals surface area contributed by atoms with Crippen molar-refractivity contribution >= 4 is 47.3 Å². The Bertz CT molecular complexity index is 748. The first-order chi connectivity index (χ1) is 15.8. The molecular weight excluding hydrogens is 470 g/mol. The van der Waals surface area contributed by atoms with Gasteiger partial charge >= 0.3 is 11.9 Å². The molecule has 0 radical (unpaired) electrons. The normalized spacial score (nSPS) is 14.4. The molecule has 0 aromatic rings. The van der Waals surface area contributed by atoms with E-state index in [1.807, 2.05) is 0 Å². The van der Waals surface area contributed by atoms with Crippen LogP contribution < -0.4 is 27.4 Å². The molecule has 0 heterocycles. The molecule has 0 bridgehead atoms. The Kier molecular flexibility index (Phi) is 14.5. The first-order valence-electron chi connectivity index (χ1n) is 10.7. The van der Waals surface area contributed by atoms with Crippen LogP contribution in [0.1, 0.15) is 46.0 Å². The second kappa shape index (κ2) is 15.9. The lowest BCUT2D eigenvalue weighted by atomic mass is 10.0. The highest BCUT2D eigenvalue weighted by atomic mass is 32.2. The zero-order chi connectivity index (χ0) is 26.4. The fourth-order valence-corrected chi connectivity index (χ4v) is 3.30. The van der Waals surface area contributed by atoms with Crippen LogP contribution in [0.15, 0.2) is 0 Å². The van der Waals surface area contributed by atoms with Crippen LogP contribution in [0, 0.1) is 5.92 Å². The van der Waals surface area contributed by atoms with Gasteiger partial charge in [-0.15, -0.1) is 0 Å². The van der Waals surface area contributed by atoms with Gasteiger partial charge in [-0.3, -0.25) is 24.0 Å². The van der Waals surface area contributed by atoms with Gasteiger partial charge in [0.2, 0.25) is 23.6 Å². The van der Waals surface area contributed by atoms with Crippen molar-refractivity contribution in [2.75, 3.05) is 12.0 Å². The number of hydrogen-bond acceptors (Lipinski definition) is 8. The summed E-state index contributed by atoms with van der Waals surface area (Å²) < 4.78 is 0. The molecule has 194 valence electrons. The van der Waals surface area contributed by atoms with E-state index < -0.39 is 66.2 Å². The molecule has 4 atom stereocenters. The summed E-state index contributed by atoms with van der Waals surface area (Å²) in [6.07, 6.45) is 1.05. The van der Waals surface area contributed by atoms with Crippen molar-refractivity contribution in [1.82, 2.24) is 16.0 Å². The van der Waals surface area contributed by atoms with E-state index in [2.05, 4.69) is 16.0 Å². The Hall–Kier alpha value is -2.87. The molecule has 0 spiro atoms. The molecule has 0 saturated carbocycles. The minimum Gasteiger partial charge on any atom is -0.481 e. The predicted octanol–water partition coefficient (Wildman–Crippen LogP) is -1.61. The lowest BCUT2D eigenvalue weighted by Crippen LogP contribution is -2.57. The van der Waals surface area contributed by atoms with Crippen LogP contribution >= 0.6 is 11.8 Å². The minimum atomic E-state index is -1.57. The Morgan fingerprint density at radius 3 is 1.85 bits per heavy atom. The van der Waals surface area contributed by atoms with E-state index >= 15 is 0 Å². The summed E-state index contributed by atoms with van der Waals surface area (Å²) in [4.78, 5) is 71.4. The first kappa shape index (κ1) is 31.1. The van der Waals surface area contributed by atoms with E-state index in [9.17, 15) is 33.9 Å². The molecule has 14 heteroatoms. The number of hydrogen-bond donors (Lipinski definition) is 7. The van der Waals surface area contributed by atoms with Crippen molar-refractivity contribution in [1.29, 1.82) is 0 Å². The number of thioether (sulfide) groups is 1. The molecule has 0 fully saturated rings. The first-order valence-corrected chi connectivity index (χ1v) is 12.1. The Morgan fingerprint density at radius 1 is 0.853 bits per heavy atom. The highest BCUT2D eigenvalue weighted by molar-refractivity contribution is 7.98. The van der Waals surface area contributed by atoms with Gasteiger partial charge in [0.15, 0.2) is 0 Å². The monoisotopic (exact) mass is 505 g/mol. The molecule has 9 N–H and O–H groups in total. The largest absolute Gasteiger partial charge is 0.481 e. The number of primary amides is 1. The van der Waals surface area contributed by atoms with Gasteiger partial charge in [-0.2, -0.15) is 11.8 Å². The van der Waals surface area contributed by atoms with Crippen molar-refractivity contribution in [2.24, 2.45) is 17.4 Å². The van der Waals surface area contributed by atoms with Gasteiger partial charge in [0, 0.05) is 6.42 Å². The Labute approximate surface area is 202 Å². The van der Waals surface area contributed by atoms with Crippen LogP contribution in [0.3, 0.4) is 0 Å². The van der Waals surface area contributed by atoms with E-state index in [4.69, 9.17) is 16.6 Å². The second-order valence-corrected chi connectivity index (χ2v) is 9.13. The van der Waals surface area contributed by atoms with Crippen LogP contribution in [0.5, 0.6) is 0 Å². The SMILES string of the molecule is CSCCC(NC(=O)C(CC(=O)O)NC(=O)C(CC(C)C)NC(=O)C(N)CCC(N)=O)C(=O)O. The quantitative estimate of drug-likeness (QED) is 0.119. The number of nitrogens with two attached hydrogens (primary N) is 2. The van der Waals surface area contributed by atoms with E-state index in [1.54, 1.807) is 20.1 Å². The van der Waals surface area contributed by atoms with E-state index in [1.165, 1.54) is 11.8 Å². The van der Waals surface area contributed by atoms with Gasteiger partial charge in [-0.05, 0) is 37.2 Å². The fraction of sp³-hybridized carbons (Fsp3) is 0.700. The molecule has 4 unspecified atom stereocenters. The van der Waals surface area contributed by atoms with Crippen molar-refractivity contribution in [3.63, 3.8) is 0 Å². The predicted molar refractivity (Wildman–Crippen MR) is 125 cm³/mol. The molecule has 0 aliphatic carbocycles. The van der Waals surface area contributed by atoms with E-state index in [0.29, 0.717) is 5.75 Å². The summed E-state index contributed by atoms with van der Waals surface area (Å²) in [6, 6.07) is -5.09. The molecule has 0 aliphatic heterocycles. The van der Waals surface area contributed by atoms with Gasteiger partial charge < -0.3 is 37.6 Å². The maximum Gasteiger partial charge on any atom is 0.326 e. The maximum absolute atomic E-state index is 12.9. The summed E-state index contributed by atoms with van der Waals surface area (Å²) in [6.45, 7) is 3.56. The van der Waals surface area contributed by atoms with Crippen LogP contribution in [-0.2, 0) is 28.8 Å². The van der Waals surface area contributed by atoms with Gasteiger partial charge in [0.05, 0.1) is 12.5 Å². The van der Waals surface area contributed by atoms with E-state index in [-0.39, 0.29) is 31.6 Å². The number of carboxylic acid groups (broad SMARTS) is 2. The highest BCUT2D eigenvalue weighted by Gasteiger charge is 2.31. The number of aliphatic carboxylic acids is 2. The maximum atomic E-state index is 12.9. The number of nitrogens with one attached hydrogen (secondary N) is 3. The molecule has 4 amide bonds. The average Bonchev–Trinajstić information content (AvgIpc) is 2.72. The number of carbonyl (C=O) groups excluding carboxylic acids is 4. The molecular formula is C20H35N5O8S. The van der Waals surface area contributed by atoms with Crippen LogP contribution in [0.2, 0.25) is 0 Å². The van der Waals surface area contributed by atoms with Crippen molar-refractivity contribution in [2.45, 2.75) is 70.1 Å². The highest BCUT2D eigenvalue weighted by Crippen LogP contribution is 2.08. The Balaban J connectivity index is 5.46. The molecule has 0 saturated heterocycles. The van der Waals surface area contributed by atoms with Crippen LogP contribution in [-0.4, -0.2) is 82.0 Å². The van der Waals surface area contributed by atoms with Crippen molar-refractivity contribution < 1.29 is 39.0 Å². The van der Waals surface area contributed by atoms with Crippen molar-refractivity contribution in [3.05, 3.63) is 0 Å². The summed E-state index contributed by atoms with van der Waals surface area (Å²) in [5, 5.41) is 25.4. The third-order valence-electron chi connectivity index (χ3n) is 4.62. The molecule has 34 heavy (non-hydrogen) atoms. The van der Waals surface area contributed by atoms with Gasteiger partial charge in [0.1, 0.15) is 18.1 Å². The van der Waals surface area contributed by atoms with E-state index in [0.717, 1.165) is 0 Å². The Morgan fingerprint density at radius 2 is 1.38 bits per heavy atom. The number of rotatable bonds is 17. The second-order valence-electron chi connectivity index (χ2n) is 8.14. The smallest absolute Gasteiger partial charge is 0.326 e. The lowest BCUT2D eigenvalue weighted by molar-refractivity contribution is -0.143. The summed E-state index contributed by atoms with van der Waals surface area (Å²) >= 11 is 1.37. The van der Waals surface area contributed by atoms with Gasteiger partial charge in [-0.1, -0.05) is 13.8 Å². The number of carboxylic acids is 2.